The maximum absolute atomic E-state index is 12.3. The van der Waals surface area contributed by atoms with E-state index in [1.807, 2.05) is 37.3 Å². The van der Waals surface area contributed by atoms with Crippen LogP contribution in [-0.4, -0.2) is 31.1 Å². The molecule has 0 saturated carbocycles. The molecule has 0 radical (unpaired) electrons. The number of urea groups is 1. The summed E-state index contributed by atoms with van der Waals surface area (Å²) in [4.78, 5) is 35.3. The van der Waals surface area contributed by atoms with Crippen molar-refractivity contribution in [2.45, 2.75) is 13.3 Å². The summed E-state index contributed by atoms with van der Waals surface area (Å²) in [6.07, 6.45) is 0.752. The molecule has 0 fully saturated rings. The van der Waals surface area contributed by atoms with E-state index in [2.05, 4.69) is 16.0 Å². The molecule has 0 aliphatic carbocycles. The SMILES string of the molecule is CCCNC(=O)NC(=O)COC(=O)c1ccccc1Nc1ccccc1. The molecule has 0 spiro atoms. The number of carbonyl (C=O) groups excluding carboxylic acids is 3. The van der Waals surface area contributed by atoms with Crippen LogP contribution in [0.1, 0.15) is 23.7 Å². The largest absolute Gasteiger partial charge is 0.452 e. The zero-order valence-electron chi connectivity index (χ0n) is 14.5. The van der Waals surface area contributed by atoms with Crippen molar-refractivity contribution >= 4 is 29.3 Å². The topological polar surface area (TPSA) is 96.5 Å². The number of hydrogen-bond acceptors (Lipinski definition) is 5. The van der Waals surface area contributed by atoms with Crippen molar-refractivity contribution < 1.29 is 19.1 Å². The molecule has 0 aromatic heterocycles. The predicted octanol–water partition coefficient (Wildman–Crippen LogP) is 2.82. The Bertz CT molecular complexity index is 762. The van der Waals surface area contributed by atoms with Crippen molar-refractivity contribution in [1.29, 1.82) is 0 Å². The van der Waals surface area contributed by atoms with Gasteiger partial charge >= 0.3 is 12.0 Å². The predicted molar refractivity (Wildman–Crippen MR) is 98.3 cm³/mol. The highest BCUT2D eigenvalue weighted by Crippen LogP contribution is 2.21. The Kier molecular flexibility index (Phi) is 7.17. The van der Waals surface area contributed by atoms with Gasteiger partial charge in [-0.2, -0.15) is 0 Å². The summed E-state index contributed by atoms with van der Waals surface area (Å²) in [5.74, 6) is -1.35. The van der Waals surface area contributed by atoms with Gasteiger partial charge in [-0.1, -0.05) is 37.3 Å². The number of imide groups is 1. The molecule has 2 rings (SSSR count). The molecule has 26 heavy (non-hydrogen) atoms. The third-order valence-electron chi connectivity index (χ3n) is 3.32. The van der Waals surface area contributed by atoms with Crippen LogP contribution in [0.4, 0.5) is 16.2 Å². The molecular weight excluding hydrogens is 334 g/mol. The van der Waals surface area contributed by atoms with Crippen LogP contribution in [0.3, 0.4) is 0 Å². The third kappa shape index (κ3) is 5.94. The highest BCUT2D eigenvalue weighted by molar-refractivity contribution is 5.99. The lowest BCUT2D eigenvalue weighted by Gasteiger charge is -2.12. The van der Waals surface area contributed by atoms with Crippen molar-refractivity contribution in [3.63, 3.8) is 0 Å². The Balaban J connectivity index is 1.93. The maximum atomic E-state index is 12.3. The number of anilines is 2. The van der Waals surface area contributed by atoms with Gasteiger partial charge in [-0.15, -0.1) is 0 Å². The molecule has 0 atom stereocenters. The van der Waals surface area contributed by atoms with E-state index < -0.39 is 24.5 Å². The minimum absolute atomic E-state index is 0.291. The first-order chi connectivity index (χ1) is 12.6. The lowest BCUT2D eigenvalue weighted by atomic mass is 10.1. The fraction of sp³-hybridized carbons (Fsp3) is 0.211. The second kappa shape index (κ2) is 9.83. The highest BCUT2D eigenvalue weighted by Gasteiger charge is 2.15. The van der Waals surface area contributed by atoms with E-state index in [1.165, 1.54) is 0 Å². The zero-order valence-corrected chi connectivity index (χ0v) is 14.5. The van der Waals surface area contributed by atoms with Crippen LogP contribution in [0.5, 0.6) is 0 Å². The van der Waals surface area contributed by atoms with E-state index in [-0.39, 0.29) is 0 Å². The summed E-state index contributed by atoms with van der Waals surface area (Å²) >= 11 is 0. The molecule has 0 aliphatic heterocycles. The zero-order chi connectivity index (χ0) is 18.8. The van der Waals surface area contributed by atoms with Gasteiger partial charge in [-0.25, -0.2) is 9.59 Å². The van der Waals surface area contributed by atoms with E-state index in [0.29, 0.717) is 17.8 Å². The molecular formula is C19H21N3O4. The van der Waals surface area contributed by atoms with Crippen LogP contribution in [-0.2, 0) is 9.53 Å². The fourth-order valence-electron chi connectivity index (χ4n) is 2.10. The first-order valence-corrected chi connectivity index (χ1v) is 8.26. The van der Waals surface area contributed by atoms with Gasteiger partial charge in [0.2, 0.25) is 0 Å². The van der Waals surface area contributed by atoms with E-state index in [0.717, 1.165) is 12.1 Å². The van der Waals surface area contributed by atoms with Crippen LogP contribution in [0.25, 0.3) is 0 Å². The second-order valence-electron chi connectivity index (χ2n) is 5.42. The number of benzene rings is 2. The Morgan fingerprint density at radius 3 is 2.38 bits per heavy atom. The van der Waals surface area contributed by atoms with Gasteiger partial charge in [0.1, 0.15) is 0 Å². The second-order valence-corrected chi connectivity index (χ2v) is 5.42. The molecule has 0 bridgehead atoms. The number of carbonyl (C=O) groups is 3. The number of rotatable bonds is 7. The molecule has 0 aliphatic rings. The van der Waals surface area contributed by atoms with Gasteiger partial charge < -0.3 is 15.4 Å². The van der Waals surface area contributed by atoms with Gasteiger partial charge in [0.05, 0.1) is 11.3 Å². The summed E-state index contributed by atoms with van der Waals surface area (Å²) in [5, 5.41) is 7.72. The normalized spacial score (nSPS) is 9.88. The molecule has 2 aromatic rings. The molecule has 0 saturated heterocycles. The average Bonchev–Trinajstić information content (AvgIpc) is 2.65. The van der Waals surface area contributed by atoms with Gasteiger partial charge in [0, 0.05) is 12.2 Å². The monoisotopic (exact) mass is 355 g/mol. The van der Waals surface area contributed by atoms with Crippen LogP contribution >= 0.6 is 0 Å². The Morgan fingerprint density at radius 1 is 0.962 bits per heavy atom. The summed E-state index contributed by atoms with van der Waals surface area (Å²) in [6.45, 7) is 1.81. The first-order valence-electron chi connectivity index (χ1n) is 8.26. The lowest BCUT2D eigenvalue weighted by Crippen LogP contribution is -2.41. The molecule has 0 heterocycles. The third-order valence-corrected chi connectivity index (χ3v) is 3.32. The van der Waals surface area contributed by atoms with Gasteiger partial charge in [-0.3, -0.25) is 10.1 Å². The Hall–Kier alpha value is -3.35. The van der Waals surface area contributed by atoms with Crippen molar-refractivity contribution in [2.75, 3.05) is 18.5 Å². The number of amides is 3. The van der Waals surface area contributed by atoms with Gasteiger partial charge in [-0.05, 0) is 30.7 Å². The van der Waals surface area contributed by atoms with Crippen molar-refractivity contribution in [2.24, 2.45) is 0 Å². The van der Waals surface area contributed by atoms with Crippen molar-refractivity contribution in [3.8, 4) is 0 Å². The Morgan fingerprint density at radius 2 is 1.65 bits per heavy atom. The summed E-state index contributed by atoms with van der Waals surface area (Å²) in [7, 11) is 0. The van der Waals surface area contributed by atoms with Crippen molar-refractivity contribution in [1.82, 2.24) is 10.6 Å². The average molecular weight is 355 g/mol. The van der Waals surface area contributed by atoms with Gasteiger partial charge in [0.25, 0.3) is 5.91 Å². The van der Waals surface area contributed by atoms with E-state index in [1.54, 1.807) is 24.3 Å². The highest BCUT2D eigenvalue weighted by atomic mass is 16.5. The number of hydrogen-bond donors (Lipinski definition) is 3. The Labute approximate surface area is 151 Å². The molecule has 3 amide bonds. The maximum Gasteiger partial charge on any atom is 0.340 e. The summed E-state index contributed by atoms with van der Waals surface area (Å²) in [5.41, 5.74) is 1.67. The van der Waals surface area contributed by atoms with Crippen LogP contribution in [0, 0.1) is 0 Å². The quantitative estimate of drug-likeness (QED) is 0.664. The van der Waals surface area contributed by atoms with E-state index in [9.17, 15) is 14.4 Å². The number of esters is 1. The first kappa shape index (κ1) is 19.0. The number of para-hydroxylation sites is 2. The van der Waals surface area contributed by atoms with Gasteiger partial charge in [0.15, 0.2) is 6.61 Å². The van der Waals surface area contributed by atoms with Crippen molar-refractivity contribution in [3.05, 3.63) is 60.2 Å². The number of ether oxygens (including phenoxy) is 1. The molecule has 7 heteroatoms. The van der Waals surface area contributed by atoms with Crippen LogP contribution in [0.15, 0.2) is 54.6 Å². The standard InChI is InChI=1S/C19H21N3O4/c1-2-12-20-19(25)22-17(23)13-26-18(24)15-10-6-7-11-16(15)21-14-8-4-3-5-9-14/h3-11,21H,2,12-13H2,1H3,(H2,20,22,23,25). The van der Waals surface area contributed by atoms with E-state index in [4.69, 9.17) is 4.74 Å². The summed E-state index contributed by atoms with van der Waals surface area (Å²) in [6, 6.07) is 15.6. The fourth-order valence-corrected chi connectivity index (χ4v) is 2.10. The van der Waals surface area contributed by atoms with E-state index >= 15 is 0 Å². The minimum atomic E-state index is -0.694. The minimum Gasteiger partial charge on any atom is -0.452 e. The smallest absolute Gasteiger partial charge is 0.340 e. The lowest BCUT2D eigenvalue weighted by molar-refractivity contribution is -0.123. The molecule has 7 nitrogen and oxygen atoms in total. The van der Waals surface area contributed by atoms with Crippen LogP contribution < -0.4 is 16.0 Å². The summed E-state index contributed by atoms with van der Waals surface area (Å²) < 4.78 is 5.00. The number of nitrogens with one attached hydrogen (secondary N) is 3. The molecule has 2 aromatic carbocycles. The molecule has 3 N–H and O–H groups in total. The molecule has 136 valence electrons. The molecule has 0 unspecified atom stereocenters. The van der Waals surface area contributed by atoms with Crippen LogP contribution in [0.2, 0.25) is 0 Å².